The summed E-state index contributed by atoms with van der Waals surface area (Å²) in [5.41, 5.74) is -0.744. The standard InChI is InChI=1S/C22H10N10/c1-11(5-23)15(7-25)29-19-13(3)20(30-16(8-26)12(2)6-24)22-21(14(19)4)31-17(9-27)18(10-28)32-22/h3-4H2,1-2H3/b15-11+,16-12+,29-19?,30-20?. The van der Waals surface area contributed by atoms with E-state index in [9.17, 15) is 21.0 Å². The van der Waals surface area contributed by atoms with Crippen LogP contribution in [0.1, 0.15) is 36.6 Å². The van der Waals surface area contributed by atoms with Crippen LogP contribution in [0.2, 0.25) is 0 Å². The van der Waals surface area contributed by atoms with Crippen LogP contribution in [-0.4, -0.2) is 21.4 Å². The average Bonchev–Trinajstić information content (AvgIpc) is 2.82. The van der Waals surface area contributed by atoms with E-state index in [2.05, 4.69) is 33.1 Å². The van der Waals surface area contributed by atoms with Gasteiger partial charge < -0.3 is 0 Å². The molecule has 0 unspecified atom stereocenters. The Labute approximate surface area is 183 Å². The summed E-state index contributed by atoms with van der Waals surface area (Å²) in [5, 5.41) is 55.7. The van der Waals surface area contributed by atoms with Crippen molar-refractivity contribution in [2.75, 3.05) is 0 Å². The molecule has 1 heterocycles. The van der Waals surface area contributed by atoms with Crippen molar-refractivity contribution in [3.05, 3.63) is 64.0 Å². The van der Waals surface area contributed by atoms with Gasteiger partial charge in [0.25, 0.3) is 0 Å². The van der Waals surface area contributed by atoms with Crippen molar-refractivity contribution in [1.82, 2.24) is 9.97 Å². The maximum Gasteiger partial charge on any atom is 0.177 e. The first-order valence-corrected chi connectivity index (χ1v) is 8.59. The van der Waals surface area contributed by atoms with Gasteiger partial charge in [-0.15, -0.1) is 0 Å². The molecule has 1 aliphatic rings. The lowest BCUT2D eigenvalue weighted by atomic mass is 9.87. The molecule has 0 amide bonds. The number of hydrogen-bond donors (Lipinski definition) is 0. The van der Waals surface area contributed by atoms with E-state index in [-0.39, 0.29) is 67.9 Å². The number of allylic oxidation sites excluding steroid dienone is 6. The van der Waals surface area contributed by atoms with Crippen molar-refractivity contribution < 1.29 is 0 Å². The molecule has 1 aliphatic carbocycles. The largest absolute Gasteiger partial charge is 0.235 e. The second-order valence-electron chi connectivity index (χ2n) is 6.11. The molecule has 1 aromatic rings. The van der Waals surface area contributed by atoms with Crippen LogP contribution in [0.3, 0.4) is 0 Å². The van der Waals surface area contributed by atoms with Gasteiger partial charge in [0.05, 0.1) is 29.0 Å². The molecule has 10 heteroatoms. The first kappa shape index (κ1) is 22.6. The van der Waals surface area contributed by atoms with Crippen LogP contribution in [0.25, 0.3) is 5.57 Å². The van der Waals surface area contributed by atoms with Crippen LogP contribution in [0, 0.1) is 68.0 Å². The predicted octanol–water partition coefficient (Wildman–Crippen LogP) is 2.68. The van der Waals surface area contributed by atoms with E-state index < -0.39 is 0 Å². The second kappa shape index (κ2) is 9.21. The topological polar surface area (TPSA) is 193 Å². The van der Waals surface area contributed by atoms with E-state index in [1.54, 1.807) is 18.2 Å². The number of fused-ring (bicyclic) bond motifs is 1. The molecule has 0 bridgehead atoms. The summed E-state index contributed by atoms with van der Waals surface area (Å²) in [6.07, 6.45) is 0. The molecule has 2 rings (SSSR count). The van der Waals surface area contributed by atoms with Gasteiger partial charge in [0.15, 0.2) is 22.8 Å². The number of aromatic nitrogens is 2. The molecule has 0 saturated carbocycles. The number of nitriles is 6. The molecule has 0 spiro atoms. The van der Waals surface area contributed by atoms with E-state index in [0.717, 1.165) is 0 Å². The predicted molar refractivity (Wildman–Crippen MR) is 111 cm³/mol. The first-order valence-electron chi connectivity index (χ1n) is 8.59. The highest BCUT2D eigenvalue weighted by atomic mass is 14.9. The van der Waals surface area contributed by atoms with Crippen LogP contribution in [-0.2, 0) is 0 Å². The number of nitrogens with zero attached hydrogens (tertiary/aromatic N) is 10. The zero-order valence-corrected chi connectivity index (χ0v) is 16.9. The normalized spacial score (nSPS) is 16.2. The Morgan fingerprint density at radius 2 is 1.09 bits per heavy atom. The summed E-state index contributed by atoms with van der Waals surface area (Å²) < 4.78 is 0. The Bertz CT molecular complexity index is 1470. The van der Waals surface area contributed by atoms with Crippen molar-refractivity contribution in [3.63, 3.8) is 0 Å². The van der Waals surface area contributed by atoms with Crippen LogP contribution in [0.5, 0.6) is 0 Å². The third-order valence-electron chi connectivity index (χ3n) is 4.18. The monoisotopic (exact) mass is 414 g/mol. The van der Waals surface area contributed by atoms with Gasteiger partial charge in [-0.2, -0.15) is 31.6 Å². The average molecular weight is 414 g/mol. The molecular formula is C22H10N10. The number of rotatable bonds is 2. The maximum atomic E-state index is 9.42. The van der Waals surface area contributed by atoms with E-state index in [1.165, 1.54) is 13.8 Å². The third-order valence-corrected chi connectivity index (χ3v) is 4.18. The minimum absolute atomic E-state index is 0.00693. The molecule has 0 aliphatic heterocycles. The fourth-order valence-electron chi connectivity index (χ4n) is 2.49. The highest BCUT2D eigenvalue weighted by Gasteiger charge is 2.32. The number of hydrogen-bond acceptors (Lipinski definition) is 10. The lowest BCUT2D eigenvalue weighted by molar-refractivity contribution is 1.08. The Morgan fingerprint density at radius 1 is 0.656 bits per heavy atom. The molecule has 0 N–H and O–H groups in total. The molecule has 0 fully saturated rings. The second-order valence-corrected chi connectivity index (χ2v) is 6.11. The summed E-state index contributed by atoms with van der Waals surface area (Å²) in [6, 6.07) is 10.8. The lowest BCUT2D eigenvalue weighted by Crippen LogP contribution is -2.26. The Balaban J connectivity index is 3.04. The molecule has 0 atom stereocenters. The molecule has 0 saturated heterocycles. The summed E-state index contributed by atoms with van der Waals surface area (Å²) in [5.74, 6) is 0. The van der Waals surface area contributed by atoms with Gasteiger partial charge in [0.1, 0.15) is 41.4 Å². The molecule has 10 nitrogen and oxygen atoms in total. The van der Waals surface area contributed by atoms with Gasteiger partial charge in [-0.25, -0.2) is 20.0 Å². The highest BCUT2D eigenvalue weighted by Crippen LogP contribution is 2.31. The van der Waals surface area contributed by atoms with Gasteiger partial charge in [-0.05, 0) is 13.8 Å². The smallest absolute Gasteiger partial charge is 0.177 e. The molecule has 1 aromatic heterocycles. The van der Waals surface area contributed by atoms with E-state index in [4.69, 9.17) is 10.5 Å². The van der Waals surface area contributed by atoms with Gasteiger partial charge in [0, 0.05) is 11.1 Å². The van der Waals surface area contributed by atoms with Crippen LogP contribution in [0.15, 0.2) is 51.3 Å². The summed E-state index contributed by atoms with van der Waals surface area (Å²) in [7, 11) is 0. The van der Waals surface area contributed by atoms with Gasteiger partial charge in [-0.1, -0.05) is 13.2 Å². The van der Waals surface area contributed by atoms with Crippen molar-refractivity contribution >= 4 is 17.0 Å². The number of aliphatic imine (C=N–C) groups is 2. The van der Waals surface area contributed by atoms with E-state index in [1.807, 2.05) is 18.2 Å². The first-order chi connectivity index (χ1) is 15.3. The minimum Gasteiger partial charge on any atom is -0.235 e. The van der Waals surface area contributed by atoms with Crippen molar-refractivity contribution in [1.29, 1.82) is 31.6 Å². The van der Waals surface area contributed by atoms with Crippen molar-refractivity contribution in [2.45, 2.75) is 13.8 Å². The Hall–Kier alpha value is -5.68. The van der Waals surface area contributed by atoms with Crippen molar-refractivity contribution in [2.24, 2.45) is 9.98 Å². The van der Waals surface area contributed by atoms with Crippen molar-refractivity contribution in [3.8, 4) is 36.4 Å². The summed E-state index contributed by atoms with van der Waals surface area (Å²) in [6.45, 7) is 10.6. The van der Waals surface area contributed by atoms with Gasteiger partial charge in [-0.3, -0.25) is 0 Å². The Morgan fingerprint density at radius 3 is 1.50 bits per heavy atom. The SMILES string of the molecule is C=C1C(=N/C(C#N)=C(\C)C#N)C(=C)c2nc(C#N)c(C#N)nc2C1=N/C(C#N)=C(\C)C#N. The zero-order chi connectivity index (χ0) is 24.0. The van der Waals surface area contributed by atoms with Crippen LogP contribution >= 0.6 is 0 Å². The molecule has 0 radical (unpaired) electrons. The molecule has 148 valence electrons. The van der Waals surface area contributed by atoms with Crippen LogP contribution in [0.4, 0.5) is 0 Å². The van der Waals surface area contributed by atoms with Gasteiger partial charge in [0.2, 0.25) is 0 Å². The lowest BCUT2D eigenvalue weighted by Gasteiger charge is -2.22. The Kier molecular flexibility index (Phi) is 6.51. The quantitative estimate of drug-likeness (QED) is 0.658. The van der Waals surface area contributed by atoms with Crippen LogP contribution < -0.4 is 0 Å². The third kappa shape index (κ3) is 3.89. The molecule has 32 heavy (non-hydrogen) atoms. The fraction of sp³-hybridized carbons (Fsp3) is 0.0909. The minimum atomic E-state index is -0.280. The fourth-order valence-corrected chi connectivity index (χ4v) is 2.49. The summed E-state index contributed by atoms with van der Waals surface area (Å²) in [4.78, 5) is 16.7. The maximum absolute atomic E-state index is 9.42. The zero-order valence-electron chi connectivity index (χ0n) is 16.9. The van der Waals surface area contributed by atoms with E-state index >= 15 is 0 Å². The molecule has 0 aromatic carbocycles. The van der Waals surface area contributed by atoms with E-state index in [0.29, 0.717) is 0 Å². The molecular weight excluding hydrogens is 404 g/mol. The highest BCUT2D eigenvalue weighted by molar-refractivity contribution is 6.47. The van der Waals surface area contributed by atoms with Gasteiger partial charge >= 0.3 is 0 Å². The summed E-state index contributed by atoms with van der Waals surface area (Å²) >= 11 is 0.